The summed E-state index contributed by atoms with van der Waals surface area (Å²) in [5, 5.41) is 22.7. The highest BCUT2D eigenvalue weighted by molar-refractivity contribution is 5.57. The first-order valence-corrected chi connectivity index (χ1v) is 9.85. The van der Waals surface area contributed by atoms with E-state index in [1.165, 1.54) is 0 Å². The lowest BCUT2D eigenvalue weighted by Crippen LogP contribution is -2.70. The molecule has 1 atom stereocenters. The van der Waals surface area contributed by atoms with Crippen molar-refractivity contribution in [3.63, 3.8) is 0 Å². The third-order valence-corrected chi connectivity index (χ3v) is 5.53. The average molecular weight is 417 g/mol. The summed E-state index contributed by atoms with van der Waals surface area (Å²) in [6.07, 6.45) is 5.39. The lowest BCUT2D eigenvalue weighted by Gasteiger charge is -2.51. The van der Waals surface area contributed by atoms with Gasteiger partial charge < -0.3 is 20.9 Å². The van der Waals surface area contributed by atoms with E-state index in [2.05, 4.69) is 42.0 Å². The van der Waals surface area contributed by atoms with Crippen LogP contribution in [-0.2, 0) is 7.05 Å². The van der Waals surface area contributed by atoms with Crippen LogP contribution in [0.15, 0.2) is 18.6 Å². The summed E-state index contributed by atoms with van der Waals surface area (Å²) >= 11 is 0. The molecule has 30 heavy (non-hydrogen) atoms. The molecule has 0 saturated carbocycles. The quantitative estimate of drug-likeness (QED) is 0.619. The number of nitrogens with zero attached hydrogens (tertiary/aromatic N) is 6. The molecule has 9 nitrogen and oxygen atoms in total. The molecule has 0 radical (unpaired) electrons. The topological polar surface area (TPSA) is 107 Å². The summed E-state index contributed by atoms with van der Waals surface area (Å²) in [4.78, 5) is 11.0. The van der Waals surface area contributed by atoms with E-state index >= 15 is 0 Å². The van der Waals surface area contributed by atoms with E-state index < -0.39 is 11.5 Å². The molecule has 2 aliphatic rings. The summed E-state index contributed by atoms with van der Waals surface area (Å²) in [7, 11) is 1.83. The van der Waals surface area contributed by atoms with E-state index in [4.69, 9.17) is 0 Å². The fourth-order valence-electron chi connectivity index (χ4n) is 3.98. The molecule has 2 aromatic rings. The zero-order valence-corrected chi connectivity index (χ0v) is 17.0. The van der Waals surface area contributed by atoms with E-state index in [1.54, 1.807) is 17.1 Å². The highest BCUT2D eigenvalue weighted by atomic mass is 19.3. The van der Waals surface area contributed by atoms with Crippen LogP contribution in [0.4, 0.5) is 26.2 Å². The molecule has 4 rings (SSSR count). The number of hydrogen-bond acceptors (Lipinski definition) is 8. The summed E-state index contributed by atoms with van der Waals surface area (Å²) in [6, 6.07) is 1.93. The number of aromatic nitrogens is 4. The number of alkyl halides is 2. The van der Waals surface area contributed by atoms with Gasteiger partial charge in [-0.05, 0) is 6.92 Å². The fourth-order valence-corrected chi connectivity index (χ4v) is 3.98. The van der Waals surface area contributed by atoms with Crippen LogP contribution < -0.4 is 20.9 Å². The lowest BCUT2D eigenvalue weighted by molar-refractivity contribution is 0.0208. The van der Waals surface area contributed by atoms with Gasteiger partial charge in [0.2, 0.25) is 5.95 Å². The van der Waals surface area contributed by atoms with Crippen molar-refractivity contribution in [1.29, 1.82) is 5.26 Å². The number of halogens is 2. The van der Waals surface area contributed by atoms with Crippen LogP contribution in [0.3, 0.4) is 0 Å². The zero-order chi connectivity index (χ0) is 21.4. The van der Waals surface area contributed by atoms with Crippen molar-refractivity contribution in [2.75, 3.05) is 36.4 Å². The number of anilines is 3. The van der Waals surface area contributed by atoms with Gasteiger partial charge in [-0.1, -0.05) is 0 Å². The summed E-state index contributed by atoms with van der Waals surface area (Å²) < 4.78 is 28.5. The molecule has 0 aliphatic carbocycles. The summed E-state index contributed by atoms with van der Waals surface area (Å²) in [6.45, 7) is 3.21. The Morgan fingerprint density at radius 1 is 1.37 bits per heavy atom. The highest BCUT2D eigenvalue weighted by Crippen LogP contribution is 2.32. The Morgan fingerprint density at radius 2 is 2.17 bits per heavy atom. The largest absolute Gasteiger partial charge is 0.352 e. The summed E-state index contributed by atoms with van der Waals surface area (Å²) in [5.41, 5.74) is 1.29. The molecule has 160 valence electrons. The minimum Gasteiger partial charge on any atom is -0.352 e. The van der Waals surface area contributed by atoms with Crippen molar-refractivity contribution in [2.24, 2.45) is 7.05 Å². The van der Waals surface area contributed by atoms with E-state index in [0.717, 1.165) is 17.1 Å². The Labute approximate surface area is 173 Å². The fraction of sp³-hybridized carbons (Fsp3) is 0.579. The van der Waals surface area contributed by atoms with Crippen LogP contribution in [0.1, 0.15) is 18.4 Å². The maximum Gasteiger partial charge on any atom is 0.261 e. The number of rotatable bonds is 7. The Morgan fingerprint density at radius 3 is 2.80 bits per heavy atom. The Balaban J connectivity index is 1.40. The van der Waals surface area contributed by atoms with Crippen molar-refractivity contribution in [2.45, 2.75) is 37.3 Å². The number of nitrogens with one attached hydrogen (secondary N) is 3. The van der Waals surface area contributed by atoms with Crippen molar-refractivity contribution < 1.29 is 8.78 Å². The second-order valence-corrected chi connectivity index (χ2v) is 8.22. The molecule has 2 aromatic heterocycles. The molecule has 0 bridgehead atoms. The minimum atomic E-state index is -2.66. The van der Waals surface area contributed by atoms with E-state index in [-0.39, 0.29) is 19.0 Å². The Kier molecular flexibility index (Phi) is 5.29. The molecule has 0 unspecified atom stereocenters. The van der Waals surface area contributed by atoms with Gasteiger partial charge in [0, 0.05) is 57.1 Å². The SMILES string of the molecule is Cc1cnc(Nc2cnn(C)c2)nc1N1CC(CC#N)(NC[C@@H]2CC(F)(F)CN2)C1. The second kappa shape index (κ2) is 7.77. The van der Waals surface area contributed by atoms with Crippen LogP contribution >= 0.6 is 0 Å². The molecule has 4 heterocycles. The predicted octanol–water partition coefficient (Wildman–Crippen LogP) is 1.32. The second-order valence-electron chi connectivity index (χ2n) is 8.22. The highest BCUT2D eigenvalue weighted by Gasteiger charge is 2.45. The normalized spacial score (nSPS) is 21.8. The van der Waals surface area contributed by atoms with Gasteiger partial charge in [0.1, 0.15) is 5.82 Å². The van der Waals surface area contributed by atoms with Gasteiger partial charge in [-0.25, -0.2) is 13.8 Å². The molecule has 0 spiro atoms. The van der Waals surface area contributed by atoms with Gasteiger partial charge in [-0.2, -0.15) is 15.3 Å². The van der Waals surface area contributed by atoms with Gasteiger partial charge in [0.15, 0.2) is 0 Å². The van der Waals surface area contributed by atoms with Gasteiger partial charge >= 0.3 is 0 Å². The first kappa shape index (κ1) is 20.4. The van der Waals surface area contributed by atoms with Crippen LogP contribution in [0, 0.1) is 18.3 Å². The molecule has 2 saturated heterocycles. The molecule has 0 aromatic carbocycles. The maximum absolute atomic E-state index is 13.4. The monoisotopic (exact) mass is 417 g/mol. The van der Waals surface area contributed by atoms with Crippen molar-refractivity contribution >= 4 is 17.5 Å². The van der Waals surface area contributed by atoms with Gasteiger partial charge in [-0.15, -0.1) is 0 Å². The third-order valence-electron chi connectivity index (χ3n) is 5.53. The molecular weight excluding hydrogens is 392 g/mol. The van der Waals surface area contributed by atoms with Crippen LogP contribution in [0.5, 0.6) is 0 Å². The average Bonchev–Trinajstić information content (AvgIpc) is 3.23. The first-order valence-electron chi connectivity index (χ1n) is 9.85. The van der Waals surface area contributed by atoms with Gasteiger partial charge in [0.05, 0.1) is 36.5 Å². The van der Waals surface area contributed by atoms with E-state index in [0.29, 0.717) is 32.0 Å². The molecule has 2 aliphatic heterocycles. The van der Waals surface area contributed by atoms with E-state index in [1.807, 2.05) is 20.2 Å². The van der Waals surface area contributed by atoms with Crippen LogP contribution in [-0.4, -0.2) is 63.4 Å². The smallest absolute Gasteiger partial charge is 0.261 e. The van der Waals surface area contributed by atoms with Crippen LogP contribution in [0.25, 0.3) is 0 Å². The van der Waals surface area contributed by atoms with Gasteiger partial charge in [0.25, 0.3) is 5.92 Å². The van der Waals surface area contributed by atoms with E-state index in [9.17, 15) is 14.0 Å². The predicted molar refractivity (Wildman–Crippen MR) is 108 cm³/mol. The number of hydrogen-bond donors (Lipinski definition) is 3. The molecule has 3 N–H and O–H groups in total. The van der Waals surface area contributed by atoms with Crippen LogP contribution in [0.2, 0.25) is 0 Å². The minimum absolute atomic E-state index is 0.180. The third kappa shape index (κ3) is 4.34. The molecule has 11 heteroatoms. The maximum atomic E-state index is 13.4. The first-order chi connectivity index (χ1) is 14.3. The number of nitriles is 1. The molecule has 0 amide bonds. The number of aryl methyl sites for hydroxylation is 2. The molecular formula is C19H25F2N9. The van der Waals surface area contributed by atoms with Gasteiger partial charge in [-0.3, -0.25) is 4.68 Å². The Bertz CT molecular complexity index is 946. The lowest BCUT2D eigenvalue weighted by atomic mass is 9.86. The van der Waals surface area contributed by atoms with Crippen molar-refractivity contribution in [3.8, 4) is 6.07 Å². The Hall–Kier alpha value is -2.84. The summed E-state index contributed by atoms with van der Waals surface area (Å²) in [5.74, 6) is -1.40. The van der Waals surface area contributed by atoms with Crippen molar-refractivity contribution in [3.05, 3.63) is 24.2 Å². The van der Waals surface area contributed by atoms with Crippen molar-refractivity contribution in [1.82, 2.24) is 30.4 Å². The zero-order valence-electron chi connectivity index (χ0n) is 17.0. The molecule has 2 fully saturated rings. The standard InChI is InChI=1S/C19H25F2N9/c1-13-6-23-17(27-15-8-26-29(2)9-15)28-16(13)30-11-18(12-30,3-4-22)25-7-14-5-19(20,21)10-24-14/h6,8-9,14,24-25H,3,5,7,10-12H2,1-2H3,(H,23,27,28)/t14-/m0/s1.